The molecule has 1 N–H and O–H groups in total. The third-order valence-corrected chi connectivity index (χ3v) is 3.95. The number of rotatable bonds is 5. The van der Waals surface area contributed by atoms with Crippen LogP contribution < -0.4 is 0 Å². The van der Waals surface area contributed by atoms with Crippen molar-refractivity contribution in [1.29, 1.82) is 0 Å². The summed E-state index contributed by atoms with van der Waals surface area (Å²) in [5.41, 5.74) is 2.41. The van der Waals surface area contributed by atoms with Crippen molar-refractivity contribution in [3.05, 3.63) is 35.4 Å². The number of amides is 1. The van der Waals surface area contributed by atoms with Crippen molar-refractivity contribution < 1.29 is 9.90 Å². The van der Waals surface area contributed by atoms with Gasteiger partial charge in [-0.2, -0.15) is 0 Å². The van der Waals surface area contributed by atoms with E-state index in [0.29, 0.717) is 13.0 Å². The van der Waals surface area contributed by atoms with Crippen molar-refractivity contribution >= 4 is 5.91 Å². The highest BCUT2D eigenvalue weighted by atomic mass is 16.3. The molecule has 1 heterocycles. The van der Waals surface area contributed by atoms with E-state index in [0.717, 1.165) is 31.4 Å². The van der Waals surface area contributed by atoms with Gasteiger partial charge in [0.15, 0.2) is 0 Å². The van der Waals surface area contributed by atoms with Gasteiger partial charge in [-0.05, 0) is 36.8 Å². The lowest BCUT2D eigenvalue weighted by atomic mass is 10.0. The fraction of sp³-hybridized carbons (Fsp3) is 0.588. The van der Waals surface area contributed by atoms with Gasteiger partial charge in [0.1, 0.15) is 0 Å². The fourth-order valence-electron chi connectivity index (χ4n) is 2.67. The Balaban J connectivity index is 1.87. The SMILES string of the molecule is CCCCc1ccc(CC(=O)N2CCCC(O)C2)cc1. The Kier molecular flexibility index (Phi) is 5.60. The first kappa shape index (κ1) is 15.0. The summed E-state index contributed by atoms with van der Waals surface area (Å²) in [4.78, 5) is 14.0. The average Bonchev–Trinajstić information content (AvgIpc) is 2.46. The minimum absolute atomic E-state index is 0.130. The Morgan fingerprint density at radius 1 is 1.30 bits per heavy atom. The molecule has 1 fully saturated rings. The normalized spacial score (nSPS) is 19.1. The summed E-state index contributed by atoms with van der Waals surface area (Å²) in [6.07, 6.45) is 5.36. The van der Waals surface area contributed by atoms with Gasteiger partial charge in [-0.3, -0.25) is 4.79 Å². The first-order valence-electron chi connectivity index (χ1n) is 7.72. The number of hydrogen-bond acceptors (Lipinski definition) is 2. The maximum atomic E-state index is 12.2. The summed E-state index contributed by atoms with van der Waals surface area (Å²) in [6, 6.07) is 8.37. The third-order valence-electron chi connectivity index (χ3n) is 3.95. The number of carbonyl (C=O) groups is 1. The van der Waals surface area contributed by atoms with Crippen LogP contribution in [0.5, 0.6) is 0 Å². The number of hydrogen-bond donors (Lipinski definition) is 1. The summed E-state index contributed by atoms with van der Waals surface area (Å²) in [6.45, 7) is 3.47. The Bertz CT molecular complexity index is 427. The number of unbranched alkanes of at least 4 members (excludes halogenated alkanes) is 1. The van der Waals surface area contributed by atoms with E-state index < -0.39 is 0 Å². The molecule has 1 aliphatic rings. The molecule has 1 aromatic carbocycles. The van der Waals surface area contributed by atoms with Gasteiger partial charge in [-0.1, -0.05) is 37.6 Å². The highest BCUT2D eigenvalue weighted by Crippen LogP contribution is 2.13. The van der Waals surface area contributed by atoms with Crippen LogP contribution in [0.4, 0.5) is 0 Å². The van der Waals surface area contributed by atoms with Crippen molar-refractivity contribution in [3.8, 4) is 0 Å². The second-order valence-electron chi connectivity index (χ2n) is 5.73. The molecule has 0 aliphatic carbocycles. The van der Waals surface area contributed by atoms with Crippen LogP contribution in [0.25, 0.3) is 0 Å². The lowest BCUT2D eigenvalue weighted by Gasteiger charge is -2.30. The number of piperidine rings is 1. The van der Waals surface area contributed by atoms with Crippen molar-refractivity contribution in [1.82, 2.24) is 4.90 Å². The van der Waals surface area contributed by atoms with E-state index >= 15 is 0 Å². The zero-order valence-electron chi connectivity index (χ0n) is 12.3. The van der Waals surface area contributed by atoms with Crippen LogP contribution in [0.1, 0.15) is 43.7 Å². The molecule has 0 bridgehead atoms. The quantitative estimate of drug-likeness (QED) is 0.897. The zero-order valence-corrected chi connectivity index (χ0v) is 12.3. The average molecular weight is 275 g/mol. The molecule has 0 saturated carbocycles. The Morgan fingerprint density at radius 3 is 2.65 bits per heavy atom. The van der Waals surface area contributed by atoms with Gasteiger partial charge in [-0.25, -0.2) is 0 Å². The molecule has 1 saturated heterocycles. The predicted molar refractivity (Wildman–Crippen MR) is 80.6 cm³/mol. The minimum atomic E-state index is -0.343. The standard InChI is InChI=1S/C17H25NO2/c1-2-3-5-14-7-9-15(10-8-14)12-17(20)18-11-4-6-16(19)13-18/h7-10,16,19H,2-6,11-13H2,1H3. The number of aryl methyl sites for hydroxylation is 1. The van der Waals surface area contributed by atoms with Gasteiger partial charge in [0.25, 0.3) is 0 Å². The number of β-amino-alcohol motifs (C(OH)–C–C–N with tert-alkyl or cyclic N) is 1. The highest BCUT2D eigenvalue weighted by molar-refractivity contribution is 5.78. The molecule has 20 heavy (non-hydrogen) atoms. The first-order chi connectivity index (χ1) is 9.69. The minimum Gasteiger partial charge on any atom is -0.391 e. The Labute approximate surface area is 121 Å². The molecule has 110 valence electrons. The van der Waals surface area contributed by atoms with E-state index in [4.69, 9.17) is 0 Å². The molecular weight excluding hydrogens is 250 g/mol. The molecule has 1 atom stereocenters. The van der Waals surface area contributed by atoms with E-state index in [2.05, 4.69) is 31.2 Å². The van der Waals surface area contributed by atoms with E-state index in [-0.39, 0.29) is 12.0 Å². The Morgan fingerprint density at radius 2 is 2.00 bits per heavy atom. The number of carbonyl (C=O) groups excluding carboxylic acids is 1. The molecular formula is C17H25NO2. The second-order valence-corrected chi connectivity index (χ2v) is 5.73. The van der Waals surface area contributed by atoms with Crippen LogP contribution in [0.2, 0.25) is 0 Å². The van der Waals surface area contributed by atoms with E-state index in [1.54, 1.807) is 4.90 Å². The molecule has 0 spiro atoms. The predicted octanol–water partition coefficient (Wildman–Crippen LogP) is 2.56. The summed E-state index contributed by atoms with van der Waals surface area (Å²) >= 11 is 0. The molecule has 1 aliphatic heterocycles. The maximum Gasteiger partial charge on any atom is 0.227 e. The van der Waals surface area contributed by atoms with Crippen LogP contribution in [-0.4, -0.2) is 35.1 Å². The molecule has 1 aromatic rings. The van der Waals surface area contributed by atoms with Crippen molar-refractivity contribution in [2.75, 3.05) is 13.1 Å². The molecule has 2 rings (SSSR count). The maximum absolute atomic E-state index is 12.2. The topological polar surface area (TPSA) is 40.5 Å². The Hall–Kier alpha value is -1.35. The van der Waals surface area contributed by atoms with Gasteiger partial charge in [0.2, 0.25) is 5.91 Å². The highest BCUT2D eigenvalue weighted by Gasteiger charge is 2.21. The summed E-state index contributed by atoms with van der Waals surface area (Å²) in [7, 11) is 0. The summed E-state index contributed by atoms with van der Waals surface area (Å²) in [5, 5.41) is 9.62. The lowest BCUT2D eigenvalue weighted by Crippen LogP contribution is -2.42. The van der Waals surface area contributed by atoms with Gasteiger partial charge >= 0.3 is 0 Å². The molecule has 0 aromatic heterocycles. The van der Waals surface area contributed by atoms with E-state index in [1.807, 2.05) is 0 Å². The van der Waals surface area contributed by atoms with Crippen LogP contribution >= 0.6 is 0 Å². The van der Waals surface area contributed by atoms with Gasteiger partial charge in [-0.15, -0.1) is 0 Å². The number of benzene rings is 1. The van der Waals surface area contributed by atoms with Gasteiger partial charge in [0, 0.05) is 13.1 Å². The number of nitrogens with zero attached hydrogens (tertiary/aromatic N) is 1. The largest absolute Gasteiger partial charge is 0.391 e. The number of likely N-dealkylation sites (tertiary alicyclic amines) is 1. The summed E-state index contributed by atoms with van der Waals surface area (Å²) in [5.74, 6) is 0.130. The molecule has 3 heteroatoms. The van der Waals surface area contributed by atoms with Crippen molar-refractivity contribution in [2.24, 2.45) is 0 Å². The van der Waals surface area contributed by atoms with Crippen LogP contribution in [-0.2, 0) is 17.6 Å². The smallest absolute Gasteiger partial charge is 0.227 e. The lowest BCUT2D eigenvalue weighted by molar-refractivity contribution is -0.133. The molecule has 1 unspecified atom stereocenters. The third kappa shape index (κ3) is 4.34. The van der Waals surface area contributed by atoms with Crippen LogP contribution in [0, 0.1) is 0 Å². The van der Waals surface area contributed by atoms with Crippen molar-refractivity contribution in [3.63, 3.8) is 0 Å². The van der Waals surface area contributed by atoms with Crippen LogP contribution in [0.15, 0.2) is 24.3 Å². The summed E-state index contributed by atoms with van der Waals surface area (Å²) < 4.78 is 0. The first-order valence-corrected chi connectivity index (χ1v) is 7.72. The van der Waals surface area contributed by atoms with E-state index in [9.17, 15) is 9.90 Å². The van der Waals surface area contributed by atoms with Gasteiger partial charge in [0.05, 0.1) is 12.5 Å². The monoisotopic (exact) mass is 275 g/mol. The zero-order chi connectivity index (χ0) is 14.4. The van der Waals surface area contributed by atoms with E-state index in [1.165, 1.54) is 18.4 Å². The second kappa shape index (κ2) is 7.44. The molecule has 0 radical (unpaired) electrons. The number of aliphatic hydroxyl groups is 1. The number of aliphatic hydroxyl groups excluding tert-OH is 1. The van der Waals surface area contributed by atoms with Crippen molar-refractivity contribution in [2.45, 2.75) is 51.6 Å². The van der Waals surface area contributed by atoms with Crippen LogP contribution in [0.3, 0.4) is 0 Å². The fourth-order valence-corrected chi connectivity index (χ4v) is 2.67. The van der Waals surface area contributed by atoms with Gasteiger partial charge < -0.3 is 10.0 Å². The molecule has 3 nitrogen and oxygen atoms in total. The molecule has 1 amide bonds.